The second kappa shape index (κ2) is 6.31. The van der Waals surface area contributed by atoms with Gasteiger partial charge in [-0.3, -0.25) is 4.79 Å². The van der Waals surface area contributed by atoms with E-state index in [1.54, 1.807) is 7.11 Å². The molecular formula is C19H26O3. The lowest BCUT2D eigenvalue weighted by molar-refractivity contribution is -0.143. The first-order chi connectivity index (χ1) is 10.7. The standard InChI is InChI=1S/C19H26O3/c1-22-17-10-9-15(19(18(20)21)11-5-6-12-19)13-16(17)14-7-3-2-4-8-14/h9-10,13-14H,2-8,11-12H2,1H3,(H,20,21). The predicted octanol–water partition coefficient (Wildman–Crippen LogP) is 4.64. The molecule has 1 aromatic rings. The van der Waals surface area contributed by atoms with Crippen LogP contribution in [-0.2, 0) is 10.2 Å². The van der Waals surface area contributed by atoms with Crippen molar-refractivity contribution in [1.29, 1.82) is 0 Å². The van der Waals surface area contributed by atoms with Crippen LogP contribution in [0.25, 0.3) is 0 Å². The quantitative estimate of drug-likeness (QED) is 0.881. The molecule has 1 N–H and O–H groups in total. The minimum Gasteiger partial charge on any atom is -0.496 e. The van der Waals surface area contributed by atoms with Gasteiger partial charge in [0.05, 0.1) is 12.5 Å². The molecule has 1 aromatic carbocycles. The molecule has 0 unspecified atom stereocenters. The molecule has 0 bridgehead atoms. The van der Waals surface area contributed by atoms with Crippen molar-refractivity contribution in [3.63, 3.8) is 0 Å². The van der Waals surface area contributed by atoms with Crippen LogP contribution in [0, 0.1) is 0 Å². The Hall–Kier alpha value is -1.51. The van der Waals surface area contributed by atoms with E-state index in [0.717, 1.165) is 37.0 Å². The number of ether oxygens (including phenoxy) is 1. The van der Waals surface area contributed by atoms with E-state index in [1.165, 1.54) is 37.7 Å². The third-order valence-electron chi connectivity index (χ3n) is 5.69. The number of methoxy groups -OCH3 is 1. The fraction of sp³-hybridized carbons (Fsp3) is 0.632. The summed E-state index contributed by atoms with van der Waals surface area (Å²) in [6.45, 7) is 0. The molecule has 0 aliphatic heterocycles. The molecule has 3 rings (SSSR count). The van der Waals surface area contributed by atoms with Crippen LogP contribution < -0.4 is 4.74 Å². The molecule has 120 valence electrons. The van der Waals surface area contributed by atoms with E-state index in [1.807, 2.05) is 12.1 Å². The number of hydrogen-bond acceptors (Lipinski definition) is 2. The zero-order valence-electron chi connectivity index (χ0n) is 13.4. The Morgan fingerprint density at radius 2 is 1.82 bits per heavy atom. The summed E-state index contributed by atoms with van der Waals surface area (Å²) in [6.07, 6.45) is 9.79. The summed E-state index contributed by atoms with van der Waals surface area (Å²) in [5.41, 5.74) is 1.54. The number of benzene rings is 1. The first kappa shape index (κ1) is 15.4. The zero-order chi connectivity index (χ0) is 15.6. The Kier molecular flexibility index (Phi) is 4.42. The summed E-state index contributed by atoms with van der Waals surface area (Å²) in [7, 11) is 1.71. The molecule has 0 saturated heterocycles. The fourth-order valence-corrected chi connectivity index (χ4v) is 4.37. The molecule has 2 aliphatic carbocycles. The van der Waals surface area contributed by atoms with Crippen molar-refractivity contribution < 1.29 is 14.6 Å². The van der Waals surface area contributed by atoms with Gasteiger partial charge in [0.25, 0.3) is 0 Å². The molecule has 3 heteroatoms. The average molecular weight is 302 g/mol. The molecule has 2 aliphatic rings. The molecule has 0 amide bonds. The van der Waals surface area contributed by atoms with E-state index in [0.29, 0.717) is 5.92 Å². The Balaban J connectivity index is 2.00. The molecule has 2 fully saturated rings. The summed E-state index contributed by atoms with van der Waals surface area (Å²) in [5, 5.41) is 9.81. The highest BCUT2D eigenvalue weighted by Gasteiger charge is 2.43. The normalized spacial score (nSPS) is 21.7. The van der Waals surface area contributed by atoms with Gasteiger partial charge >= 0.3 is 5.97 Å². The van der Waals surface area contributed by atoms with Crippen LogP contribution in [0.3, 0.4) is 0 Å². The number of aliphatic carboxylic acids is 1. The fourth-order valence-electron chi connectivity index (χ4n) is 4.37. The van der Waals surface area contributed by atoms with E-state index >= 15 is 0 Å². The van der Waals surface area contributed by atoms with Crippen LogP contribution in [0.15, 0.2) is 18.2 Å². The summed E-state index contributed by atoms with van der Waals surface area (Å²) in [4.78, 5) is 11.9. The number of rotatable bonds is 4. The molecule has 3 nitrogen and oxygen atoms in total. The Bertz CT molecular complexity index is 538. The van der Waals surface area contributed by atoms with E-state index in [4.69, 9.17) is 4.74 Å². The van der Waals surface area contributed by atoms with Gasteiger partial charge in [0.1, 0.15) is 5.75 Å². The third kappa shape index (κ3) is 2.62. The topological polar surface area (TPSA) is 46.5 Å². The van der Waals surface area contributed by atoms with Crippen LogP contribution in [0.4, 0.5) is 0 Å². The summed E-state index contributed by atoms with van der Waals surface area (Å²) >= 11 is 0. The molecular weight excluding hydrogens is 276 g/mol. The molecule has 0 heterocycles. The van der Waals surface area contributed by atoms with Crippen LogP contribution in [0.5, 0.6) is 5.75 Å². The van der Waals surface area contributed by atoms with Gasteiger partial charge in [0.15, 0.2) is 0 Å². The predicted molar refractivity (Wildman–Crippen MR) is 86.6 cm³/mol. The maximum atomic E-state index is 11.9. The van der Waals surface area contributed by atoms with Crippen LogP contribution in [0.2, 0.25) is 0 Å². The molecule has 0 spiro atoms. The van der Waals surface area contributed by atoms with Gasteiger partial charge in [-0.25, -0.2) is 0 Å². The van der Waals surface area contributed by atoms with E-state index in [9.17, 15) is 9.90 Å². The maximum Gasteiger partial charge on any atom is 0.314 e. The van der Waals surface area contributed by atoms with Gasteiger partial charge in [-0.2, -0.15) is 0 Å². The van der Waals surface area contributed by atoms with Gasteiger partial charge in [-0.1, -0.05) is 44.2 Å². The van der Waals surface area contributed by atoms with Crippen molar-refractivity contribution in [2.24, 2.45) is 0 Å². The van der Waals surface area contributed by atoms with Gasteiger partial charge in [0.2, 0.25) is 0 Å². The Labute approximate surface area is 132 Å². The Morgan fingerprint density at radius 3 is 2.41 bits per heavy atom. The summed E-state index contributed by atoms with van der Waals surface area (Å²) in [6, 6.07) is 6.11. The van der Waals surface area contributed by atoms with Gasteiger partial charge < -0.3 is 9.84 Å². The first-order valence-corrected chi connectivity index (χ1v) is 8.59. The average Bonchev–Trinajstić information content (AvgIpc) is 3.06. The van der Waals surface area contributed by atoms with Crippen molar-refractivity contribution in [2.45, 2.75) is 69.1 Å². The van der Waals surface area contributed by atoms with Crippen molar-refractivity contribution >= 4 is 5.97 Å². The highest BCUT2D eigenvalue weighted by atomic mass is 16.5. The van der Waals surface area contributed by atoms with Crippen molar-refractivity contribution in [3.8, 4) is 5.75 Å². The van der Waals surface area contributed by atoms with Crippen molar-refractivity contribution in [2.75, 3.05) is 7.11 Å². The molecule has 22 heavy (non-hydrogen) atoms. The van der Waals surface area contributed by atoms with Crippen molar-refractivity contribution in [3.05, 3.63) is 29.3 Å². The maximum absolute atomic E-state index is 11.9. The monoisotopic (exact) mass is 302 g/mol. The lowest BCUT2D eigenvalue weighted by Crippen LogP contribution is -2.32. The lowest BCUT2D eigenvalue weighted by atomic mass is 9.76. The van der Waals surface area contributed by atoms with Gasteiger partial charge in [-0.05, 0) is 48.8 Å². The Morgan fingerprint density at radius 1 is 1.14 bits per heavy atom. The van der Waals surface area contributed by atoms with Gasteiger partial charge in [0, 0.05) is 0 Å². The van der Waals surface area contributed by atoms with Crippen LogP contribution in [0.1, 0.15) is 74.8 Å². The number of carboxylic acid groups (broad SMARTS) is 1. The number of carboxylic acids is 1. The third-order valence-corrected chi connectivity index (χ3v) is 5.69. The minimum absolute atomic E-state index is 0.524. The highest BCUT2D eigenvalue weighted by Crippen LogP contribution is 2.45. The first-order valence-electron chi connectivity index (χ1n) is 8.59. The van der Waals surface area contributed by atoms with Gasteiger partial charge in [-0.15, -0.1) is 0 Å². The largest absolute Gasteiger partial charge is 0.496 e. The molecule has 0 atom stereocenters. The summed E-state index contributed by atoms with van der Waals surface area (Å²) in [5.74, 6) is 0.787. The smallest absolute Gasteiger partial charge is 0.314 e. The second-order valence-corrected chi connectivity index (χ2v) is 6.89. The van der Waals surface area contributed by atoms with E-state index in [-0.39, 0.29) is 0 Å². The number of carbonyl (C=O) groups is 1. The van der Waals surface area contributed by atoms with Crippen LogP contribution in [-0.4, -0.2) is 18.2 Å². The second-order valence-electron chi connectivity index (χ2n) is 6.89. The molecule has 2 saturated carbocycles. The SMILES string of the molecule is COc1ccc(C2(C(=O)O)CCCC2)cc1C1CCCCC1. The van der Waals surface area contributed by atoms with E-state index < -0.39 is 11.4 Å². The lowest BCUT2D eigenvalue weighted by Gasteiger charge is -2.28. The van der Waals surface area contributed by atoms with Crippen LogP contribution >= 0.6 is 0 Å². The minimum atomic E-state index is -0.671. The zero-order valence-corrected chi connectivity index (χ0v) is 13.4. The summed E-state index contributed by atoms with van der Waals surface area (Å²) < 4.78 is 5.56. The van der Waals surface area contributed by atoms with Crippen molar-refractivity contribution in [1.82, 2.24) is 0 Å². The van der Waals surface area contributed by atoms with E-state index in [2.05, 4.69) is 6.07 Å². The molecule has 0 aromatic heterocycles. The molecule has 0 radical (unpaired) electrons. The highest BCUT2D eigenvalue weighted by molar-refractivity contribution is 5.82. The number of hydrogen-bond donors (Lipinski definition) is 1.